The van der Waals surface area contributed by atoms with Crippen LogP contribution >= 0.6 is 23.2 Å². The minimum Gasteiger partial charge on any atom is -0.495 e. The van der Waals surface area contributed by atoms with Gasteiger partial charge in [0.05, 0.1) is 19.3 Å². The molecule has 3 rings (SSSR count). The Hall–Kier alpha value is -1.86. The fourth-order valence-corrected chi connectivity index (χ4v) is 3.58. The molecule has 2 aromatic rings. The van der Waals surface area contributed by atoms with Crippen molar-refractivity contribution in [1.82, 2.24) is 9.80 Å². The molecule has 0 bridgehead atoms. The number of nitrogens with one attached hydrogen (secondary N) is 1. The second kappa shape index (κ2) is 9.56. The molecule has 1 N–H and O–H groups in total. The van der Waals surface area contributed by atoms with Crippen molar-refractivity contribution in [2.24, 2.45) is 0 Å². The molecule has 1 fully saturated rings. The van der Waals surface area contributed by atoms with E-state index in [1.807, 2.05) is 0 Å². The van der Waals surface area contributed by atoms with E-state index >= 15 is 0 Å². The predicted octanol–water partition coefficient (Wildman–Crippen LogP) is 3.90. The number of anilines is 1. The molecule has 0 aromatic heterocycles. The fraction of sp³-hybridized carbons (Fsp3) is 0.350. The number of nitrogens with zero attached hydrogens (tertiary/aromatic N) is 2. The first-order chi connectivity index (χ1) is 13.5. The Morgan fingerprint density at radius 3 is 2.54 bits per heavy atom. The molecule has 8 heteroatoms. The molecule has 0 spiro atoms. The Labute approximate surface area is 174 Å². The topological polar surface area (TPSA) is 44.8 Å². The van der Waals surface area contributed by atoms with Gasteiger partial charge in [-0.3, -0.25) is 14.6 Å². The van der Waals surface area contributed by atoms with Gasteiger partial charge in [0, 0.05) is 48.3 Å². The summed E-state index contributed by atoms with van der Waals surface area (Å²) in [7, 11) is 1.54. The van der Waals surface area contributed by atoms with E-state index in [0.29, 0.717) is 46.7 Å². The quantitative estimate of drug-likeness (QED) is 0.761. The van der Waals surface area contributed by atoms with Gasteiger partial charge >= 0.3 is 0 Å². The van der Waals surface area contributed by atoms with E-state index in [2.05, 4.69) is 15.1 Å². The van der Waals surface area contributed by atoms with Crippen LogP contribution in [0.2, 0.25) is 10.0 Å². The average Bonchev–Trinajstić information content (AvgIpc) is 2.66. The number of hydrogen-bond acceptors (Lipinski definition) is 4. The van der Waals surface area contributed by atoms with Gasteiger partial charge in [0.1, 0.15) is 11.6 Å². The smallest absolute Gasteiger partial charge is 0.238 e. The Balaban J connectivity index is 1.50. The van der Waals surface area contributed by atoms with Crippen LogP contribution in [-0.2, 0) is 11.3 Å². The second-order valence-electron chi connectivity index (χ2n) is 6.65. The van der Waals surface area contributed by atoms with Crippen molar-refractivity contribution in [1.29, 1.82) is 0 Å². The summed E-state index contributed by atoms with van der Waals surface area (Å²) in [6.45, 7) is 3.63. The number of methoxy groups -OCH3 is 1. The van der Waals surface area contributed by atoms with Crippen LogP contribution in [0.5, 0.6) is 5.75 Å². The van der Waals surface area contributed by atoms with Gasteiger partial charge in [-0.15, -0.1) is 0 Å². The van der Waals surface area contributed by atoms with Crippen LogP contribution in [0.3, 0.4) is 0 Å². The van der Waals surface area contributed by atoms with Crippen molar-refractivity contribution >= 4 is 34.8 Å². The summed E-state index contributed by atoms with van der Waals surface area (Å²) in [5, 5.41) is 3.81. The van der Waals surface area contributed by atoms with Crippen LogP contribution in [0.15, 0.2) is 36.4 Å². The highest BCUT2D eigenvalue weighted by molar-refractivity contribution is 6.31. The van der Waals surface area contributed by atoms with E-state index in [1.165, 1.54) is 6.07 Å². The summed E-state index contributed by atoms with van der Waals surface area (Å²) >= 11 is 12.1. The van der Waals surface area contributed by atoms with Gasteiger partial charge in [-0.2, -0.15) is 0 Å². The number of carbonyl (C=O) groups is 1. The van der Waals surface area contributed by atoms with Crippen LogP contribution < -0.4 is 10.1 Å². The van der Waals surface area contributed by atoms with Crippen molar-refractivity contribution in [3.8, 4) is 5.75 Å². The predicted molar refractivity (Wildman–Crippen MR) is 110 cm³/mol. The molecule has 5 nitrogen and oxygen atoms in total. The van der Waals surface area contributed by atoms with E-state index in [0.717, 1.165) is 13.1 Å². The zero-order valence-electron chi connectivity index (χ0n) is 15.6. The Bertz CT molecular complexity index is 822. The number of hydrogen-bond donors (Lipinski definition) is 1. The number of benzene rings is 2. The summed E-state index contributed by atoms with van der Waals surface area (Å²) < 4.78 is 19.2. The normalized spacial score (nSPS) is 15.4. The average molecular weight is 426 g/mol. The number of rotatable bonds is 6. The molecule has 1 aliphatic heterocycles. The highest BCUT2D eigenvalue weighted by atomic mass is 35.5. The van der Waals surface area contributed by atoms with Crippen molar-refractivity contribution in [3.05, 3.63) is 57.8 Å². The molecule has 0 aliphatic carbocycles. The van der Waals surface area contributed by atoms with Gasteiger partial charge in [0.25, 0.3) is 0 Å². The maximum absolute atomic E-state index is 14.0. The van der Waals surface area contributed by atoms with Gasteiger partial charge < -0.3 is 10.1 Å². The van der Waals surface area contributed by atoms with Crippen molar-refractivity contribution < 1.29 is 13.9 Å². The Kier molecular flexibility index (Phi) is 7.13. The van der Waals surface area contributed by atoms with Crippen LogP contribution in [0.1, 0.15) is 5.56 Å². The zero-order valence-corrected chi connectivity index (χ0v) is 17.1. The molecular formula is C20H22Cl2FN3O2. The molecule has 1 amide bonds. The second-order valence-corrected chi connectivity index (χ2v) is 7.49. The number of ether oxygens (including phenoxy) is 1. The van der Waals surface area contributed by atoms with E-state index in [1.54, 1.807) is 37.4 Å². The minimum absolute atomic E-state index is 0.133. The number of piperazine rings is 1. The van der Waals surface area contributed by atoms with Crippen molar-refractivity contribution in [2.45, 2.75) is 6.54 Å². The van der Waals surface area contributed by atoms with Gasteiger partial charge in [-0.25, -0.2) is 4.39 Å². The molecule has 0 unspecified atom stereocenters. The van der Waals surface area contributed by atoms with E-state index in [9.17, 15) is 9.18 Å². The molecule has 1 heterocycles. The third-order valence-electron chi connectivity index (χ3n) is 4.71. The number of carbonyl (C=O) groups excluding carboxylic acids is 1. The summed E-state index contributed by atoms with van der Waals surface area (Å²) in [6, 6.07) is 9.80. The summed E-state index contributed by atoms with van der Waals surface area (Å²) in [5.41, 5.74) is 1.07. The lowest BCUT2D eigenvalue weighted by Crippen LogP contribution is -2.48. The highest BCUT2D eigenvalue weighted by Crippen LogP contribution is 2.27. The summed E-state index contributed by atoms with van der Waals surface area (Å²) in [6.07, 6.45) is 0. The lowest BCUT2D eigenvalue weighted by molar-refractivity contribution is -0.117. The monoisotopic (exact) mass is 425 g/mol. The Morgan fingerprint density at radius 2 is 1.86 bits per heavy atom. The molecule has 150 valence electrons. The first-order valence-corrected chi connectivity index (χ1v) is 9.73. The molecule has 28 heavy (non-hydrogen) atoms. The summed E-state index contributed by atoms with van der Waals surface area (Å²) in [4.78, 5) is 16.6. The SMILES string of the molecule is COc1ccc(Cl)cc1NC(=O)CN1CCN(Cc2c(F)cccc2Cl)CC1. The lowest BCUT2D eigenvalue weighted by atomic mass is 10.2. The van der Waals surface area contributed by atoms with E-state index in [-0.39, 0.29) is 18.3 Å². The van der Waals surface area contributed by atoms with Crippen LogP contribution in [0.4, 0.5) is 10.1 Å². The first-order valence-electron chi connectivity index (χ1n) is 8.97. The molecule has 1 saturated heterocycles. The molecule has 1 aliphatic rings. The van der Waals surface area contributed by atoms with Crippen LogP contribution in [-0.4, -0.2) is 55.5 Å². The van der Waals surface area contributed by atoms with Gasteiger partial charge in [-0.1, -0.05) is 29.3 Å². The molecule has 2 aromatic carbocycles. The summed E-state index contributed by atoms with van der Waals surface area (Å²) in [5.74, 6) is 0.139. The van der Waals surface area contributed by atoms with Gasteiger partial charge in [-0.05, 0) is 30.3 Å². The minimum atomic E-state index is -0.287. The molecule has 0 radical (unpaired) electrons. The zero-order chi connectivity index (χ0) is 20.1. The van der Waals surface area contributed by atoms with Crippen LogP contribution in [0, 0.1) is 5.82 Å². The largest absolute Gasteiger partial charge is 0.495 e. The van der Waals surface area contributed by atoms with E-state index in [4.69, 9.17) is 27.9 Å². The number of amides is 1. The van der Waals surface area contributed by atoms with Crippen molar-refractivity contribution in [3.63, 3.8) is 0 Å². The number of halogens is 3. The maximum atomic E-state index is 14.0. The molecule has 0 saturated carbocycles. The molecular weight excluding hydrogens is 404 g/mol. The van der Waals surface area contributed by atoms with E-state index < -0.39 is 0 Å². The molecule has 0 atom stereocenters. The standard InChI is InChI=1S/C20H22Cl2FN3O2/c1-28-19-6-5-14(21)11-18(19)24-20(27)13-26-9-7-25(8-10-26)12-15-16(22)3-2-4-17(15)23/h2-6,11H,7-10,12-13H2,1H3,(H,24,27). The third kappa shape index (κ3) is 5.35. The van der Waals surface area contributed by atoms with Crippen LogP contribution in [0.25, 0.3) is 0 Å². The van der Waals surface area contributed by atoms with Gasteiger partial charge in [0.2, 0.25) is 5.91 Å². The third-order valence-corrected chi connectivity index (χ3v) is 5.30. The van der Waals surface area contributed by atoms with Crippen molar-refractivity contribution in [2.75, 3.05) is 45.2 Å². The highest BCUT2D eigenvalue weighted by Gasteiger charge is 2.21. The maximum Gasteiger partial charge on any atom is 0.238 e. The van der Waals surface area contributed by atoms with Gasteiger partial charge in [0.15, 0.2) is 0 Å². The Morgan fingerprint density at radius 1 is 1.14 bits per heavy atom. The fourth-order valence-electron chi connectivity index (χ4n) is 3.18. The lowest BCUT2D eigenvalue weighted by Gasteiger charge is -2.34. The first kappa shape index (κ1) is 20.9.